The van der Waals surface area contributed by atoms with Gasteiger partial charge in [0.05, 0.1) is 23.3 Å². The standard InChI is InChI=1S/C16H22ClN5S/c1-12-5-7-21(10-14(12)22-8-6-19-11-22)16(18-2)20-9-13-3-4-15(17)23-13/h3-4,6,8,11-12,14H,5,7,9-10H2,1-2H3,(H,18,20). The van der Waals surface area contributed by atoms with Gasteiger partial charge in [-0.05, 0) is 24.5 Å². The first-order chi connectivity index (χ1) is 11.2. The van der Waals surface area contributed by atoms with E-state index in [0.29, 0.717) is 12.0 Å². The molecule has 0 saturated carbocycles. The number of likely N-dealkylation sites (tertiary alicyclic amines) is 1. The minimum Gasteiger partial charge on any atom is -0.351 e. The predicted molar refractivity (Wildman–Crippen MR) is 96.1 cm³/mol. The van der Waals surface area contributed by atoms with Crippen molar-refractivity contribution in [2.75, 3.05) is 20.1 Å². The number of nitrogens with one attached hydrogen (secondary N) is 1. The third-order valence-electron chi connectivity index (χ3n) is 4.39. The molecule has 0 amide bonds. The van der Waals surface area contributed by atoms with Crippen molar-refractivity contribution >= 4 is 28.9 Å². The van der Waals surface area contributed by atoms with Crippen LogP contribution in [0.25, 0.3) is 0 Å². The highest BCUT2D eigenvalue weighted by atomic mass is 35.5. The van der Waals surface area contributed by atoms with Gasteiger partial charge in [0.2, 0.25) is 0 Å². The maximum atomic E-state index is 5.99. The lowest BCUT2D eigenvalue weighted by atomic mass is 9.93. The number of aromatic nitrogens is 2. The van der Waals surface area contributed by atoms with Crippen molar-refractivity contribution < 1.29 is 0 Å². The summed E-state index contributed by atoms with van der Waals surface area (Å²) in [5.41, 5.74) is 0. The van der Waals surface area contributed by atoms with Crippen molar-refractivity contribution in [3.63, 3.8) is 0 Å². The minimum atomic E-state index is 0.431. The Kier molecular flexibility index (Phi) is 5.23. The molecule has 2 aromatic rings. The van der Waals surface area contributed by atoms with Crippen molar-refractivity contribution in [1.29, 1.82) is 0 Å². The fourth-order valence-electron chi connectivity index (χ4n) is 3.04. The molecule has 0 bridgehead atoms. The minimum absolute atomic E-state index is 0.431. The molecule has 23 heavy (non-hydrogen) atoms. The van der Waals surface area contributed by atoms with Gasteiger partial charge in [0.15, 0.2) is 5.96 Å². The molecule has 5 nitrogen and oxygen atoms in total. The van der Waals surface area contributed by atoms with E-state index in [1.165, 1.54) is 4.88 Å². The largest absolute Gasteiger partial charge is 0.351 e. The number of piperidine rings is 1. The Balaban J connectivity index is 1.64. The number of guanidine groups is 1. The fourth-order valence-corrected chi connectivity index (χ4v) is 4.07. The molecular weight excluding hydrogens is 330 g/mol. The number of aliphatic imine (C=N–C) groups is 1. The number of hydrogen-bond acceptors (Lipinski definition) is 3. The molecule has 7 heteroatoms. The van der Waals surface area contributed by atoms with E-state index in [2.05, 4.69) is 43.9 Å². The Morgan fingerprint density at radius 2 is 2.39 bits per heavy atom. The number of hydrogen-bond donors (Lipinski definition) is 1. The highest BCUT2D eigenvalue weighted by molar-refractivity contribution is 7.16. The number of halogens is 1. The first-order valence-corrected chi connectivity index (χ1v) is 9.04. The van der Waals surface area contributed by atoms with E-state index in [-0.39, 0.29) is 0 Å². The Labute approximate surface area is 146 Å². The highest BCUT2D eigenvalue weighted by Gasteiger charge is 2.28. The first kappa shape index (κ1) is 16.3. The van der Waals surface area contributed by atoms with Crippen LogP contribution in [0.5, 0.6) is 0 Å². The molecular formula is C16H22ClN5S. The smallest absolute Gasteiger partial charge is 0.194 e. The van der Waals surface area contributed by atoms with Gasteiger partial charge in [0, 0.05) is 37.4 Å². The molecule has 2 aromatic heterocycles. The Bertz CT molecular complexity index is 651. The number of rotatable bonds is 3. The molecule has 0 aliphatic carbocycles. The number of nitrogens with zero attached hydrogens (tertiary/aromatic N) is 4. The molecule has 3 heterocycles. The third kappa shape index (κ3) is 3.87. The second-order valence-electron chi connectivity index (χ2n) is 5.90. The van der Waals surface area contributed by atoms with E-state index < -0.39 is 0 Å². The summed E-state index contributed by atoms with van der Waals surface area (Å²) in [6, 6.07) is 4.42. The van der Waals surface area contributed by atoms with Gasteiger partial charge in [-0.25, -0.2) is 4.98 Å². The zero-order valence-electron chi connectivity index (χ0n) is 13.4. The van der Waals surface area contributed by atoms with Crippen LogP contribution in [0.15, 0.2) is 35.8 Å². The summed E-state index contributed by atoms with van der Waals surface area (Å²) < 4.78 is 3.03. The van der Waals surface area contributed by atoms with E-state index in [9.17, 15) is 0 Å². The molecule has 2 unspecified atom stereocenters. The summed E-state index contributed by atoms with van der Waals surface area (Å²) in [4.78, 5) is 12.2. The zero-order chi connectivity index (χ0) is 16.2. The van der Waals surface area contributed by atoms with E-state index in [4.69, 9.17) is 11.6 Å². The lowest BCUT2D eigenvalue weighted by molar-refractivity contribution is 0.189. The number of thiophene rings is 1. The lowest BCUT2D eigenvalue weighted by Crippen LogP contribution is -2.48. The Morgan fingerprint density at radius 3 is 3.04 bits per heavy atom. The predicted octanol–water partition coefficient (Wildman–Crippen LogP) is 3.26. The van der Waals surface area contributed by atoms with Crippen LogP contribution >= 0.6 is 22.9 Å². The van der Waals surface area contributed by atoms with Crippen LogP contribution in [0.1, 0.15) is 24.3 Å². The first-order valence-electron chi connectivity index (χ1n) is 7.84. The molecule has 0 radical (unpaired) electrons. The maximum absolute atomic E-state index is 5.99. The van der Waals surface area contributed by atoms with Gasteiger partial charge in [-0.15, -0.1) is 11.3 Å². The van der Waals surface area contributed by atoms with Gasteiger partial charge in [0.1, 0.15) is 0 Å². The maximum Gasteiger partial charge on any atom is 0.194 e. The normalized spacial score (nSPS) is 22.4. The molecule has 1 N–H and O–H groups in total. The van der Waals surface area contributed by atoms with Gasteiger partial charge in [0.25, 0.3) is 0 Å². The molecule has 0 spiro atoms. The van der Waals surface area contributed by atoms with Crippen LogP contribution in [0.4, 0.5) is 0 Å². The molecule has 2 atom stereocenters. The van der Waals surface area contributed by atoms with Crippen LogP contribution in [0.3, 0.4) is 0 Å². The van der Waals surface area contributed by atoms with Crippen LogP contribution in [0, 0.1) is 5.92 Å². The molecule has 1 saturated heterocycles. The summed E-state index contributed by atoms with van der Waals surface area (Å²) in [5, 5.41) is 3.45. The van der Waals surface area contributed by atoms with Crippen molar-refractivity contribution in [2.45, 2.75) is 25.9 Å². The van der Waals surface area contributed by atoms with Crippen LogP contribution in [0.2, 0.25) is 4.34 Å². The highest BCUT2D eigenvalue weighted by Crippen LogP contribution is 2.27. The van der Waals surface area contributed by atoms with Gasteiger partial charge in [-0.3, -0.25) is 4.99 Å². The summed E-state index contributed by atoms with van der Waals surface area (Å²) in [6.07, 6.45) is 6.96. The topological polar surface area (TPSA) is 45.5 Å². The average molecular weight is 352 g/mol. The molecule has 1 fully saturated rings. The lowest BCUT2D eigenvalue weighted by Gasteiger charge is -2.39. The van der Waals surface area contributed by atoms with E-state index >= 15 is 0 Å². The van der Waals surface area contributed by atoms with E-state index in [1.807, 2.05) is 25.6 Å². The van der Waals surface area contributed by atoms with Gasteiger partial charge in [-0.2, -0.15) is 0 Å². The summed E-state index contributed by atoms with van der Waals surface area (Å²) in [5.74, 6) is 1.58. The average Bonchev–Trinajstić information content (AvgIpc) is 3.21. The van der Waals surface area contributed by atoms with Crippen LogP contribution in [-0.4, -0.2) is 40.5 Å². The van der Waals surface area contributed by atoms with Gasteiger partial charge < -0.3 is 14.8 Å². The monoisotopic (exact) mass is 351 g/mol. The second kappa shape index (κ2) is 7.36. The summed E-state index contributed by atoms with van der Waals surface area (Å²) in [6.45, 7) is 5.04. The zero-order valence-corrected chi connectivity index (χ0v) is 15.0. The molecule has 3 rings (SSSR count). The van der Waals surface area contributed by atoms with E-state index in [0.717, 1.165) is 36.4 Å². The van der Waals surface area contributed by atoms with Gasteiger partial charge >= 0.3 is 0 Å². The quantitative estimate of drug-likeness (QED) is 0.682. The Hall–Kier alpha value is -1.53. The molecule has 1 aliphatic rings. The number of imidazole rings is 1. The molecule has 1 aliphatic heterocycles. The molecule has 0 aromatic carbocycles. The van der Waals surface area contributed by atoms with Gasteiger partial charge in [-0.1, -0.05) is 18.5 Å². The SMILES string of the molecule is CN=C(NCc1ccc(Cl)s1)N1CCC(C)C(n2ccnc2)C1. The van der Waals surface area contributed by atoms with Crippen LogP contribution < -0.4 is 5.32 Å². The Morgan fingerprint density at radius 1 is 1.52 bits per heavy atom. The van der Waals surface area contributed by atoms with Crippen molar-refractivity contribution in [2.24, 2.45) is 10.9 Å². The summed E-state index contributed by atoms with van der Waals surface area (Å²) in [7, 11) is 1.84. The third-order valence-corrected chi connectivity index (χ3v) is 5.62. The van der Waals surface area contributed by atoms with Crippen LogP contribution in [-0.2, 0) is 6.54 Å². The van der Waals surface area contributed by atoms with E-state index in [1.54, 1.807) is 11.3 Å². The van der Waals surface area contributed by atoms with Crippen molar-refractivity contribution in [1.82, 2.24) is 19.8 Å². The summed E-state index contributed by atoms with van der Waals surface area (Å²) >= 11 is 7.59. The van der Waals surface area contributed by atoms with Crippen molar-refractivity contribution in [3.8, 4) is 0 Å². The second-order valence-corrected chi connectivity index (χ2v) is 7.70. The molecule has 124 valence electrons. The fraction of sp³-hybridized carbons (Fsp3) is 0.500. The van der Waals surface area contributed by atoms with Crippen molar-refractivity contribution in [3.05, 3.63) is 40.1 Å².